The predicted octanol–water partition coefficient (Wildman–Crippen LogP) is 1.28. The van der Waals surface area contributed by atoms with Gasteiger partial charge in [-0.05, 0) is 0 Å². The monoisotopic (exact) mass is 290 g/mol. The van der Waals surface area contributed by atoms with E-state index in [1.54, 1.807) is 0 Å². The third-order valence-corrected chi connectivity index (χ3v) is 4.97. The number of hydrogen-bond acceptors (Lipinski definition) is 0. The second-order valence-corrected chi connectivity index (χ2v) is 9.36. The first-order valence-corrected chi connectivity index (χ1v) is 12.1. The van der Waals surface area contributed by atoms with Gasteiger partial charge in [0, 0.05) is 23.1 Å². The quantitative estimate of drug-likeness (QED) is 0.638. The van der Waals surface area contributed by atoms with Crippen molar-refractivity contribution in [3.63, 3.8) is 0 Å². The Kier molecular flexibility index (Phi) is 18.9. The largest absolute Gasteiger partial charge is 0 e. The van der Waals surface area contributed by atoms with Crippen LogP contribution in [0.1, 0.15) is 6.92 Å². The minimum absolute atomic E-state index is 0. The van der Waals surface area contributed by atoms with E-state index in [-0.39, 0.29) is 23.1 Å². The van der Waals surface area contributed by atoms with Gasteiger partial charge in [0.05, 0.1) is 0 Å². The van der Waals surface area contributed by atoms with Crippen LogP contribution in [0.15, 0.2) is 0 Å². The first-order chi connectivity index (χ1) is 1.91. The summed E-state index contributed by atoms with van der Waals surface area (Å²) in [6, 6.07) is 0. The molecule has 0 amide bonds. The average molecular weight is 289 g/mol. The molecule has 0 rings (SSSR count). The molecule has 0 atom stereocenters. The molecular weight excluding hydrogens is 284 g/mol. The molecule has 0 N–H and O–H groups in total. The third-order valence-electron chi connectivity index (χ3n) is 0.189. The van der Waals surface area contributed by atoms with Gasteiger partial charge in [-0.3, -0.25) is 0 Å². The van der Waals surface area contributed by atoms with Crippen LogP contribution in [0.5, 0.6) is 0 Å². The molecule has 0 aromatic heterocycles. The van der Waals surface area contributed by atoms with Crippen LogP contribution < -0.4 is 0 Å². The summed E-state index contributed by atoms with van der Waals surface area (Å²) >= 11 is -0.640. The van der Waals surface area contributed by atoms with Crippen LogP contribution >= 0.6 is 8.25 Å². The minimum Gasteiger partial charge on any atom is 0 e. The fourth-order valence-corrected chi connectivity index (χ4v) is 0. The van der Waals surface area contributed by atoms with Crippen molar-refractivity contribution < 1.29 is 23.3 Å². The zero-order chi connectivity index (χ0) is 3.41. The SMILES string of the molecule is C[CH2][Hg][Cl].[Mg]. The molecule has 5 heavy (non-hydrogen) atoms. The zero-order valence-electron chi connectivity index (χ0n) is 3.50. The molecule has 0 saturated heterocycles. The standard InChI is InChI=1S/C2H5.ClH.Hg.Mg/c1-2;;;/h1H2,2H3;1H;;/q;;+1;/p-1. The molecular formula is C2H5ClHgMg. The maximum Gasteiger partial charge on any atom is 0 e. The molecule has 0 bridgehead atoms. The van der Waals surface area contributed by atoms with E-state index < -0.39 is 23.3 Å². The molecule has 0 aliphatic carbocycles. The predicted molar refractivity (Wildman–Crippen MR) is 22.1 cm³/mol. The second-order valence-electron chi connectivity index (χ2n) is 0.689. The summed E-state index contributed by atoms with van der Waals surface area (Å²) < 4.78 is 1.31. The van der Waals surface area contributed by atoms with Gasteiger partial charge >= 0.3 is 42.4 Å². The summed E-state index contributed by atoms with van der Waals surface area (Å²) in [5.74, 6) is 0. The summed E-state index contributed by atoms with van der Waals surface area (Å²) in [5.41, 5.74) is 0. The van der Waals surface area contributed by atoms with Crippen LogP contribution in [0, 0.1) is 0 Å². The summed E-state index contributed by atoms with van der Waals surface area (Å²) in [7, 11) is 5.41. The van der Waals surface area contributed by atoms with Gasteiger partial charge < -0.3 is 0 Å². The van der Waals surface area contributed by atoms with E-state index in [4.69, 9.17) is 8.25 Å². The second kappa shape index (κ2) is 9.37. The number of halogens is 1. The van der Waals surface area contributed by atoms with Gasteiger partial charge in [0.1, 0.15) is 0 Å². The Bertz CT molecular complexity index is 11.6. The molecule has 0 aromatic rings. The van der Waals surface area contributed by atoms with Gasteiger partial charge in [-0.2, -0.15) is 0 Å². The Labute approximate surface area is 64.7 Å². The minimum atomic E-state index is -0.640. The zero-order valence-corrected chi connectivity index (χ0v) is 11.2. The molecule has 24 valence electrons. The Balaban J connectivity index is 0. The van der Waals surface area contributed by atoms with Gasteiger partial charge in [-0.25, -0.2) is 0 Å². The van der Waals surface area contributed by atoms with Crippen LogP contribution in [-0.4, -0.2) is 23.1 Å². The fraction of sp³-hybridized carbons (Fsp3) is 1.00. The summed E-state index contributed by atoms with van der Waals surface area (Å²) in [5, 5.41) is 0. The maximum atomic E-state index is 5.41. The number of rotatable bonds is 1. The summed E-state index contributed by atoms with van der Waals surface area (Å²) in [6.07, 6.45) is 0. The van der Waals surface area contributed by atoms with Crippen LogP contribution in [0.4, 0.5) is 0 Å². The van der Waals surface area contributed by atoms with E-state index in [2.05, 4.69) is 6.92 Å². The van der Waals surface area contributed by atoms with Crippen molar-refractivity contribution in [3.8, 4) is 0 Å². The Hall–Kier alpha value is 1.99. The van der Waals surface area contributed by atoms with Crippen molar-refractivity contribution in [1.29, 1.82) is 0 Å². The van der Waals surface area contributed by atoms with Crippen LogP contribution in [-0.2, 0) is 23.3 Å². The van der Waals surface area contributed by atoms with Crippen LogP contribution in [0.3, 0.4) is 0 Å². The van der Waals surface area contributed by atoms with E-state index in [0.717, 1.165) is 0 Å². The number of hydrogen-bond donors (Lipinski definition) is 0. The smallest absolute Gasteiger partial charge is 0 e. The molecule has 2 radical (unpaired) electrons. The van der Waals surface area contributed by atoms with E-state index in [1.165, 1.54) is 3.93 Å². The van der Waals surface area contributed by atoms with Crippen molar-refractivity contribution in [2.45, 2.75) is 10.9 Å². The van der Waals surface area contributed by atoms with Crippen molar-refractivity contribution in [1.82, 2.24) is 0 Å². The molecule has 0 fully saturated rings. The van der Waals surface area contributed by atoms with Crippen molar-refractivity contribution >= 4 is 31.3 Å². The van der Waals surface area contributed by atoms with Gasteiger partial charge in [0.25, 0.3) is 0 Å². The molecule has 0 aromatic carbocycles. The van der Waals surface area contributed by atoms with Crippen molar-refractivity contribution in [2.75, 3.05) is 0 Å². The molecule has 0 nitrogen and oxygen atoms in total. The molecule has 0 spiro atoms. The summed E-state index contributed by atoms with van der Waals surface area (Å²) in [4.78, 5) is 0. The molecule has 0 heterocycles. The maximum absolute atomic E-state index is 5.41. The van der Waals surface area contributed by atoms with E-state index in [9.17, 15) is 0 Å². The van der Waals surface area contributed by atoms with Crippen LogP contribution in [0.2, 0.25) is 3.93 Å². The Morgan fingerprint density at radius 2 is 2.00 bits per heavy atom. The fourth-order valence-electron chi connectivity index (χ4n) is 0. The molecule has 0 aliphatic rings. The normalized spacial score (nSPS) is 4.40. The summed E-state index contributed by atoms with van der Waals surface area (Å²) in [6.45, 7) is 2.15. The molecule has 0 unspecified atom stereocenters. The van der Waals surface area contributed by atoms with Crippen molar-refractivity contribution in [2.24, 2.45) is 0 Å². The molecule has 3 heteroatoms. The first kappa shape index (κ1) is 10.1. The van der Waals surface area contributed by atoms with Gasteiger partial charge in [0.2, 0.25) is 0 Å². The van der Waals surface area contributed by atoms with E-state index in [0.29, 0.717) is 0 Å². The Morgan fingerprint density at radius 1 is 1.80 bits per heavy atom. The average Bonchev–Trinajstić information content (AvgIpc) is 1.37. The molecule has 0 aliphatic heterocycles. The van der Waals surface area contributed by atoms with E-state index >= 15 is 0 Å². The van der Waals surface area contributed by atoms with Crippen LogP contribution in [0.25, 0.3) is 0 Å². The van der Waals surface area contributed by atoms with Crippen molar-refractivity contribution in [3.05, 3.63) is 0 Å². The van der Waals surface area contributed by atoms with Gasteiger partial charge in [-0.1, -0.05) is 0 Å². The van der Waals surface area contributed by atoms with E-state index in [1.807, 2.05) is 0 Å². The van der Waals surface area contributed by atoms with Gasteiger partial charge in [-0.15, -0.1) is 0 Å². The topological polar surface area (TPSA) is 0 Å². The van der Waals surface area contributed by atoms with Gasteiger partial charge in [0.15, 0.2) is 0 Å². The first-order valence-electron chi connectivity index (χ1n) is 1.47. The Morgan fingerprint density at radius 3 is 2.00 bits per heavy atom. The molecule has 0 saturated carbocycles. The third kappa shape index (κ3) is 10.7.